The Morgan fingerprint density at radius 2 is 1.39 bits per heavy atom. The molecule has 0 atom stereocenters. The van der Waals surface area contributed by atoms with Crippen molar-refractivity contribution in [2.45, 2.75) is 48.5 Å². The van der Waals surface area contributed by atoms with Crippen LogP contribution in [0.2, 0.25) is 5.02 Å². The van der Waals surface area contributed by atoms with Gasteiger partial charge in [-0.25, -0.2) is 0 Å². The van der Waals surface area contributed by atoms with Crippen LogP contribution in [-0.4, -0.2) is 16.9 Å². The first-order chi connectivity index (χ1) is 14.2. The largest absolute Gasteiger partial charge is 3.00 e. The van der Waals surface area contributed by atoms with Crippen LogP contribution in [0, 0.1) is 34.6 Å². The van der Waals surface area contributed by atoms with E-state index in [9.17, 15) is 0 Å². The maximum absolute atomic E-state index is 6.24. The maximum atomic E-state index is 6.24. The summed E-state index contributed by atoms with van der Waals surface area (Å²) in [5.41, 5.74) is 9.79. The van der Waals surface area contributed by atoms with E-state index in [-0.39, 0.29) is 41.9 Å². The van der Waals surface area contributed by atoms with Gasteiger partial charge in [-0.15, -0.1) is 18.1 Å². The zero-order valence-electron chi connectivity index (χ0n) is 19.9. The molecule has 0 amide bonds. The number of hydrogen-bond donors (Lipinski definition) is 0. The van der Waals surface area contributed by atoms with Gasteiger partial charge in [0.1, 0.15) is 0 Å². The van der Waals surface area contributed by atoms with Crippen molar-refractivity contribution < 1.29 is 41.9 Å². The average molecular weight is 546 g/mol. The number of aliphatic imine (C=N–C) groups is 2. The summed E-state index contributed by atoms with van der Waals surface area (Å²) in [7, 11) is 0. The average Bonchev–Trinajstić information content (AvgIpc) is 2.68. The number of nitrogens with zero attached hydrogens (tertiary/aromatic N) is 3. The fourth-order valence-corrected chi connectivity index (χ4v) is 3.68. The van der Waals surface area contributed by atoms with E-state index in [1.54, 1.807) is 12.4 Å². The van der Waals surface area contributed by atoms with Crippen molar-refractivity contribution >= 4 is 34.9 Å². The molecule has 3 nitrogen and oxygen atoms in total. The minimum atomic E-state index is 0. The summed E-state index contributed by atoms with van der Waals surface area (Å²) in [4.78, 5) is 12.9. The molecule has 1 aromatic heterocycles. The predicted octanol–water partition coefficient (Wildman–Crippen LogP) is 1.71. The molecule has 1 heterocycles. The van der Waals surface area contributed by atoms with E-state index in [4.69, 9.17) is 11.6 Å². The van der Waals surface area contributed by atoms with Crippen LogP contribution in [0.4, 0.5) is 11.4 Å². The van der Waals surface area contributed by atoms with Gasteiger partial charge in [-0.2, -0.15) is 6.21 Å². The number of pyridine rings is 1. The van der Waals surface area contributed by atoms with Crippen LogP contribution < -0.4 is 24.8 Å². The minimum Gasteiger partial charge on any atom is -1.00 e. The summed E-state index contributed by atoms with van der Waals surface area (Å²) in [6, 6.07) is 12.2. The van der Waals surface area contributed by atoms with Crippen molar-refractivity contribution in [1.29, 1.82) is 0 Å². The van der Waals surface area contributed by atoms with Crippen molar-refractivity contribution in [3.63, 3.8) is 0 Å². The van der Waals surface area contributed by atoms with Gasteiger partial charge in [-0.05, 0) is 51.0 Å². The first-order valence-electron chi connectivity index (χ1n) is 9.90. The van der Waals surface area contributed by atoms with E-state index < -0.39 is 0 Å². The van der Waals surface area contributed by atoms with E-state index in [0.29, 0.717) is 5.02 Å². The number of benzene rings is 2. The van der Waals surface area contributed by atoms with Crippen molar-refractivity contribution in [2.24, 2.45) is 9.98 Å². The minimum absolute atomic E-state index is 0. The zero-order valence-corrected chi connectivity index (χ0v) is 23.3. The molecule has 0 N–H and O–H groups in total. The van der Waals surface area contributed by atoms with Crippen LogP contribution in [0.5, 0.6) is 0 Å². The molecule has 0 spiro atoms. The van der Waals surface area contributed by atoms with E-state index >= 15 is 0 Å². The van der Waals surface area contributed by atoms with Gasteiger partial charge in [-0.3, -0.25) is 9.98 Å². The number of aromatic nitrogens is 1. The van der Waals surface area contributed by atoms with Crippen molar-refractivity contribution in [3.8, 4) is 0 Å². The fourth-order valence-electron chi connectivity index (χ4n) is 3.32. The molecule has 2 aromatic carbocycles. The van der Waals surface area contributed by atoms with Gasteiger partial charge >= 0.3 is 17.1 Å². The van der Waals surface area contributed by atoms with Crippen molar-refractivity contribution in [3.05, 3.63) is 87.2 Å². The van der Waals surface area contributed by atoms with Crippen molar-refractivity contribution in [1.82, 2.24) is 4.98 Å². The van der Waals surface area contributed by atoms with E-state index in [0.717, 1.165) is 33.8 Å². The van der Waals surface area contributed by atoms with Crippen LogP contribution in [0.25, 0.3) is 0 Å². The summed E-state index contributed by atoms with van der Waals surface area (Å²) in [5.74, 6) is 0. The molecule has 0 bridgehead atoms. The van der Waals surface area contributed by atoms with Gasteiger partial charge in [0.2, 0.25) is 0 Å². The third-order valence-corrected chi connectivity index (χ3v) is 4.90. The van der Waals surface area contributed by atoms with E-state index in [2.05, 4.69) is 60.2 Å². The quantitative estimate of drug-likeness (QED) is 0.281. The molecule has 33 heavy (non-hydrogen) atoms. The van der Waals surface area contributed by atoms with Gasteiger partial charge < -0.3 is 29.8 Å². The molecular weight excluding hydrogens is 517 g/mol. The van der Waals surface area contributed by atoms with Gasteiger partial charge in [0.05, 0.1) is 10.7 Å². The van der Waals surface area contributed by atoms with Gasteiger partial charge in [-0.1, -0.05) is 61.0 Å². The summed E-state index contributed by atoms with van der Waals surface area (Å²) in [5, 5.41) is 0.691. The molecule has 1 radical (unpaired) electrons. The number of rotatable bonds is 3. The zero-order chi connectivity index (χ0) is 22.3. The number of aryl methyl sites for hydroxylation is 5. The molecule has 3 rings (SSSR count). The second kappa shape index (κ2) is 16.0. The first-order valence-corrected chi connectivity index (χ1v) is 10.3. The second-order valence-corrected chi connectivity index (χ2v) is 7.84. The van der Waals surface area contributed by atoms with Gasteiger partial charge in [0.25, 0.3) is 0 Å². The Morgan fingerprint density at radius 3 is 1.85 bits per heavy atom. The summed E-state index contributed by atoms with van der Waals surface area (Å²) < 4.78 is 0. The molecule has 0 fully saturated rings. The monoisotopic (exact) mass is 544 g/mol. The van der Waals surface area contributed by atoms with Gasteiger partial charge in [0.15, 0.2) is 0 Å². The Bertz CT molecular complexity index is 1040. The Morgan fingerprint density at radius 1 is 0.879 bits per heavy atom. The van der Waals surface area contributed by atoms with Crippen LogP contribution in [0.15, 0.2) is 58.8 Å². The van der Waals surface area contributed by atoms with Gasteiger partial charge in [0, 0.05) is 23.7 Å². The Balaban J connectivity index is 0. The molecular formula is C26H29Cl3FeN3. The molecule has 3 aromatic rings. The van der Waals surface area contributed by atoms with Crippen LogP contribution in [-0.2, 0) is 17.1 Å². The van der Waals surface area contributed by atoms with Crippen LogP contribution >= 0.6 is 11.6 Å². The fraction of sp³-hybridized carbons (Fsp3) is 0.269. The molecule has 177 valence electrons. The Hall–Kier alpha value is -1.68. The maximum Gasteiger partial charge on any atom is 3.00 e. The van der Waals surface area contributed by atoms with Crippen molar-refractivity contribution in [2.75, 3.05) is 0 Å². The second-order valence-electron chi connectivity index (χ2n) is 7.43. The molecule has 0 aliphatic heterocycles. The first kappa shape index (κ1) is 33.5. The molecule has 0 aliphatic carbocycles. The molecule has 0 saturated heterocycles. The SMILES string of the molecule is CC(=Nc1c(C)cc(C)cc1Cl)c1cccnc1.C[C-]=Nc1c(C)cc(C)cc1C.[Cl-].[Cl-].[Fe+3]. The third-order valence-electron chi connectivity index (χ3n) is 4.62. The molecule has 0 saturated carbocycles. The van der Waals surface area contributed by atoms with Crippen LogP contribution in [0.3, 0.4) is 0 Å². The smallest absolute Gasteiger partial charge is 1.00 e. The summed E-state index contributed by atoms with van der Waals surface area (Å²) in [6.45, 7) is 14.1. The molecule has 0 unspecified atom stereocenters. The molecule has 0 aliphatic rings. The number of hydrogen-bond acceptors (Lipinski definition) is 3. The standard InChI is InChI=1S/C15H15ClN2.C11H14N.2ClH.Fe/c1-10-7-11(2)15(14(16)8-10)18-12(3)13-5-4-6-17-9-13;1-5-12-11-9(3)6-8(2)7-10(11)4;;;/h4-9H,1-3H3;6-7H,1-4H3;2*1H;/q;-1;;;+3/p-2. The summed E-state index contributed by atoms with van der Waals surface area (Å²) >= 11 is 6.24. The molecule has 7 heteroatoms. The summed E-state index contributed by atoms with van der Waals surface area (Å²) in [6.07, 6.45) is 6.36. The van der Waals surface area contributed by atoms with E-state index in [1.807, 2.05) is 45.9 Å². The Kier molecular flexibility index (Phi) is 16.3. The third kappa shape index (κ3) is 10.00. The normalized spacial score (nSPS) is 10.4. The van der Waals surface area contributed by atoms with E-state index in [1.165, 1.54) is 16.7 Å². The Labute approximate surface area is 226 Å². The number of halogens is 3. The topological polar surface area (TPSA) is 37.6 Å². The van der Waals surface area contributed by atoms with Crippen LogP contribution in [0.1, 0.15) is 47.2 Å². The predicted molar refractivity (Wildman–Crippen MR) is 130 cm³/mol.